The summed E-state index contributed by atoms with van der Waals surface area (Å²) in [6.07, 6.45) is 4.64. The van der Waals surface area contributed by atoms with Crippen LogP contribution in [0.25, 0.3) is 21.7 Å². The maximum Gasteiger partial charge on any atom is 0.230 e. The molecule has 6 heteroatoms. The van der Waals surface area contributed by atoms with Crippen molar-refractivity contribution >= 4 is 29.0 Å². The van der Waals surface area contributed by atoms with E-state index in [1.54, 1.807) is 23.7 Å². The van der Waals surface area contributed by atoms with Crippen molar-refractivity contribution < 1.29 is 4.52 Å². The smallest absolute Gasteiger partial charge is 0.230 e. The molecule has 1 aliphatic rings. The Labute approximate surface area is 130 Å². The van der Waals surface area contributed by atoms with E-state index in [0.717, 1.165) is 33.9 Å². The number of thiophene rings is 1. The standard InChI is InChI=1S/C15H13N3OS2/c16-15-13(9-1-4-17-5-2-9)14(18-19-15)12-7-10-8-20-6-3-11(10)21-12/h1-2,4-5,7H,3,6,8,16H2. The average Bonchev–Trinajstić information content (AvgIpc) is 3.11. The Morgan fingerprint density at radius 1 is 1.24 bits per heavy atom. The fourth-order valence-corrected chi connectivity index (χ4v) is 4.89. The maximum atomic E-state index is 5.98. The van der Waals surface area contributed by atoms with Crippen LogP contribution in [0.3, 0.4) is 0 Å². The number of pyridine rings is 1. The molecule has 3 aromatic heterocycles. The number of nitrogens with zero attached hydrogens (tertiary/aromatic N) is 2. The Morgan fingerprint density at radius 2 is 2.10 bits per heavy atom. The molecular formula is C15H13N3OS2. The zero-order valence-corrected chi connectivity index (χ0v) is 12.8. The minimum atomic E-state index is 0.358. The van der Waals surface area contributed by atoms with Crippen LogP contribution in [0.15, 0.2) is 35.1 Å². The molecule has 2 N–H and O–H groups in total. The first-order valence-electron chi connectivity index (χ1n) is 6.68. The van der Waals surface area contributed by atoms with E-state index < -0.39 is 0 Å². The molecule has 21 heavy (non-hydrogen) atoms. The molecule has 0 aromatic carbocycles. The molecule has 4 nitrogen and oxygen atoms in total. The van der Waals surface area contributed by atoms with Gasteiger partial charge in [0, 0.05) is 23.0 Å². The quantitative estimate of drug-likeness (QED) is 0.778. The third kappa shape index (κ3) is 2.24. The molecule has 1 aliphatic heterocycles. The van der Waals surface area contributed by atoms with Crippen LogP contribution in [0.4, 0.5) is 5.88 Å². The maximum absolute atomic E-state index is 5.98. The van der Waals surface area contributed by atoms with Gasteiger partial charge < -0.3 is 10.3 Å². The van der Waals surface area contributed by atoms with Gasteiger partial charge in [-0.3, -0.25) is 4.98 Å². The first-order chi connectivity index (χ1) is 10.3. The van der Waals surface area contributed by atoms with Crippen molar-refractivity contribution in [3.05, 3.63) is 41.0 Å². The van der Waals surface area contributed by atoms with Crippen LogP contribution >= 0.6 is 23.1 Å². The highest BCUT2D eigenvalue weighted by atomic mass is 32.2. The number of hydrogen-bond acceptors (Lipinski definition) is 6. The highest BCUT2D eigenvalue weighted by Gasteiger charge is 2.21. The van der Waals surface area contributed by atoms with Gasteiger partial charge in [-0.05, 0) is 41.5 Å². The van der Waals surface area contributed by atoms with E-state index in [0.29, 0.717) is 5.88 Å². The molecule has 0 saturated heterocycles. The number of hydrogen-bond donors (Lipinski definition) is 1. The lowest BCUT2D eigenvalue weighted by Gasteiger charge is -2.08. The Hall–Kier alpha value is -1.79. The fraction of sp³-hybridized carbons (Fsp3) is 0.200. The lowest BCUT2D eigenvalue weighted by atomic mass is 10.1. The molecule has 0 unspecified atom stereocenters. The first kappa shape index (κ1) is 12.9. The number of anilines is 1. The molecule has 0 radical (unpaired) electrons. The molecule has 0 amide bonds. The largest absolute Gasteiger partial charge is 0.367 e. The number of aromatic nitrogens is 2. The van der Waals surface area contributed by atoms with Crippen molar-refractivity contribution in [2.24, 2.45) is 0 Å². The van der Waals surface area contributed by atoms with Gasteiger partial charge in [-0.2, -0.15) is 11.8 Å². The van der Waals surface area contributed by atoms with Gasteiger partial charge in [0.1, 0.15) is 5.69 Å². The minimum absolute atomic E-state index is 0.358. The number of thioether (sulfide) groups is 1. The van der Waals surface area contributed by atoms with Crippen molar-refractivity contribution in [3.63, 3.8) is 0 Å². The predicted octanol–water partition coefficient (Wildman–Crippen LogP) is 3.84. The first-order valence-corrected chi connectivity index (χ1v) is 8.65. The van der Waals surface area contributed by atoms with Crippen LogP contribution in [-0.4, -0.2) is 15.9 Å². The topological polar surface area (TPSA) is 64.9 Å². The zero-order valence-electron chi connectivity index (χ0n) is 11.2. The molecule has 0 fully saturated rings. The van der Waals surface area contributed by atoms with Crippen molar-refractivity contribution in [3.8, 4) is 21.7 Å². The van der Waals surface area contributed by atoms with Gasteiger partial charge in [0.15, 0.2) is 0 Å². The van der Waals surface area contributed by atoms with Gasteiger partial charge in [0.25, 0.3) is 0 Å². The molecule has 4 heterocycles. The number of aryl methyl sites for hydroxylation is 1. The molecule has 4 rings (SSSR count). The lowest BCUT2D eigenvalue weighted by molar-refractivity contribution is 0.439. The molecule has 0 spiro atoms. The molecule has 0 aliphatic carbocycles. The van der Waals surface area contributed by atoms with E-state index >= 15 is 0 Å². The van der Waals surface area contributed by atoms with E-state index in [4.69, 9.17) is 10.3 Å². The highest BCUT2D eigenvalue weighted by Crippen LogP contribution is 2.42. The summed E-state index contributed by atoms with van der Waals surface area (Å²) >= 11 is 3.79. The van der Waals surface area contributed by atoms with Gasteiger partial charge >= 0.3 is 0 Å². The van der Waals surface area contributed by atoms with E-state index in [1.165, 1.54) is 16.2 Å². The zero-order chi connectivity index (χ0) is 14.2. The molecule has 0 atom stereocenters. The Morgan fingerprint density at radius 3 is 2.90 bits per heavy atom. The van der Waals surface area contributed by atoms with Crippen LogP contribution in [-0.2, 0) is 12.2 Å². The van der Waals surface area contributed by atoms with Crippen LogP contribution < -0.4 is 5.73 Å². The van der Waals surface area contributed by atoms with Gasteiger partial charge in [-0.1, -0.05) is 5.16 Å². The summed E-state index contributed by atoms with van der Waals surface area (Å²) in [4.78, 5) is 6.65. The van der Waals surface area contributed by atoms with Crippen molar-refractivity contribution in [2.75, 3.05) is 11.5 Å². The van der Waals surface area contributed by atoms with Crippen LogP contribution in [0.2, 0.25) is 0 Å². The SMILES string of the molecule is Nc1onc(-c2cc3c(s2)CCSC3)c1-c1ccncc1. The number of fused-ring (bicyclic) bond motifs is 1. The van der Waals surface area contributed by atoms with E-state index in [-0.39, 0.29) is 0 Å². The summed E-state index contributed by atoms with van der Waals surface area (Å²) in [5, 5.41) is 4.19. The highest BCUT2D eigenvalue weighted by molar-refractivity contribution is 7.98. The normalized spacial score (nSPS) is 14.1. The fourth-order valence-electron chi connectivity index (χ4n) is 2.53. The Bertz CT molecular complexity index is 756. The van der Waals surface area contributed by atoms with Crippen molar-refractivity contribution in [2.45, 2.75) is 12.2 Å². The van der Waals surface area contributed by atoms with E-state index in [9.17, 15) is 0 Å². The predicted molar refractivity (Wildman–Crippen MR) is 87.3 cm³/mol. The number of rotatable bonds is 2. The molecule has 0 saturated carbocycles. The molecule has 3 aromatic rings. The van der Waals surface area contributed by atoms with Gasteiger partial charge in [-0.15, -0.1) is 11.3 Å². The summed E-state index contributed by atoms with van der Waals surface area (Å²) in [7, 11) is 0. The molecule has 106 valence electrons. The Kier molecular flexibility index (Phi) is 3.20. The summed E-state index contributed by atoms with van der Waals surface area (Å²) in [5.74, 6) is 2.64. The third-order valence-electron chi connectivity index (χ3n) is 3.55. The van der Waals surface area contributed by atoms with Crippen LogP contribution in [0, 0.1) is 0 Å². The summed E-state index contributed by atoms with van der Waals surface area (Å²) in [6, 6.07) is 6.08. The minimum Gasteiger partial charge on any atom is -0.367 e. The summed E-state index contributed by atoms with van der Waals surface area (Å²) in [5.41, 5.74) is 10.1. The second-order valence-electron chi connectivity index (χ2n) is 4.87. The van der Waals surface area contributed by atoms with Gasteiger partial charge in [0.05, 0.1) is 10.4 Å². The monoisotopic (exact) mass is 315 g/mol. The number of nitrogens with two attached hydrogens (primary N) is 1. The Balaban J connectivity index is 1.85. The number of nitrogen functional groups attached to an aromatic ring is 1. The second kappa shape index (κ2) is 5.20. The van der Waals surface area contributed by atoms with Crippen molar-refractivity contribution in [1.29, 1.82) is 0 Å². The average molecular weight is 315 g/mol. The third-order valence-corrected chi connectivity index (χ3v) is 5.80. The van der Waals surface area contributed by atoms with Gasteiger partial charge in [0.2, 0.25) is 5.88 Å². The molecular weight excluding hydrogens is 302 g/mol. The van der Waals surface area contributed by atoms with Crippen LogP contribution in [0.1, 0.15) is 10.4 Å². The molecule has 0 bridgehead atoms. The summed E-state index contributed by atoms with van der Waals surface area (Å²) in [6.45, 7) is 0. The lowest BCUT2D eigenvalue weighted by Crippen LogP contribution is -1.96. The van der Waals surface area contributed by atoms with E-state index in [2.05, 4.69) is 16.2 Å². The van der Waals surface area contributed by atoms with Crippen molar-refractivity contribution in [1.82, 2.24) is 10.1 Å². The van der Waals surface area contributed by atoms with E-state index in [1.807, 2.05) is 23.9 Å². The van der Waals surface area contributed by atoms with Crippen LogP contribution in [0.5, 0.6) is 0 Å². The van der Waals surface area contributed by atoms with Gasteiger partial charge in [-0.25, -0.2) is 0 Å². The second-order valence-corrected chi connectivity index (χ2v) is 7.11. The summed E-state index contributed by atoms with van der Waals surface area (Å²) < 4.78 is 5.25.